The van der Waals surface area contributed by atoms with E-state index >= 15 is 0 Å². The molecule has 1 aliphatic rings. The molecule has 0 aliphatic heterocycles. The van der Waals surface area contributed by atoms with Gasteiger partial charge in [0.25, 0.3) is 0 Å². The molecule has 0 amide bonds. The van der Waals surface area contributed by atoms with E-state index in [4.69, 9.17) is 5.73 Å². The molecule has 0 radical (unpaired) electrons. The van der Waals surface area contributed by atoms with E-state index in [0.29, 0.717) is 12.2 Å². The van der Waals surface area contributed by atoms with Gasteiger partial charge in [0.05, 0.1) is 0 Å². The standard InChI is InChI=1S/C32H32FN5/c33-27-8-3-7-23(13-27)29-9-4-10-31-30(29)15-28(38-31)14-24-12-26(20-37-32(24)34)25-11-22(18-36-19-25)17-35-16-21-5-1-2-6-21/h3-4,7-13,15,18-21,35,38H,1-2,5-6,14,16-17H2,(H2,34,37). The lowest BCUT2D eigenvalue weighted by Crippen LogP contribution is -2.20. The summed E-state index contributed by atoms with van der Waals surface area (Å²) in [5, 5.41) is 4.66. The van der Waals surface area contributed by atoms with Crippen LogP contribution in [0.25, 0.3) is 33.2 Å². The van der Waals surface area contributed by atoms with Crippen LogP contribution in [0, 0.1) is 11.7 Å². The third-order valence-electron chi connectivity index (χ3n) is 7.60. The van der Waals surface area contributed by atoms with Crippen molar-refractivity contribution < 1.29 is 4.39 Å². The Kier molecular flexibility index (Phi) is 6.88. The van der Waals surface area contributed by atoms with Gasteiger partial charge in [0.15, 0.2) is 0 Å². The quantitative estimate of drug-likeness (QED) is 0.215. The fourth-order valence-corrected chi connectivity index (χ4v) is 5.62. The van der Waals surface area contributed by atoms with Crippen LogP contribution in [-0.4, -0.2) is 21.5 Å². The summed E-state index contributed by atoms with van der Waals surface area (Å²) in [6.45, 7) is 1.89. The van der Waals surface area contributed by atoms with Gasteiger partial charge in [0.2, 0.25) is 0 Å². The Labute approximate surface area is 222 Å². The molecule has 3 aromatic heterocycles. The third-order valence-corrected chi connectivity index (χ3v) is 7.60. The van der Waals surface area contributed by atoms with E-state index in [1.54, 1.807) is 12.1 Å². The van der Waals surface area contributed by atoms with Crippen molar-refractivity contribution in [2.24, 2.45) is 5.92 Å². The molecule has 0 spiro atoms. The van der Waals surface area contributed by atoms with E-state index in [-0.39, 0.29) is 5.82 Å². The van der Waals surface area contributed by atoms with Gasteiger partial charge in [-0.3, -0.25) is 4.98 Å². The molecule has 5 nitrogen and oxygen atoms in total. The topological polar surface area (TPSA) is 79.6 Å². The first-order valence-corrected chi connectivity index (χ1v) is 13.4. The Bertz CT molecular complexity index is 1570. The van der Waals surface area contributed by atoms with E-state index in [1.165, 1.54) is 37.3 Å². The number of rotatable bonds is 8. The summed E-state index contributed by atoms with van der Waals surface area (Å²) in [6.07, 6.45) is 11.6. The zero-order valence-corrected chi connectivity index (χ0v) is 21.4. The number of nitrogens with two attached hydrogens (primary N) is 1. The maximum Gasteiger partial charge on any atom is 0.126 e. The molecule has 6 rings (SSSR count). The normalized spacial score (nSPS) is 13.9. The van der Waals surface area contributed by atoms with Crippen molar-refractivity contribution in [3.63, 3.8) is 0 Å². The highest BCUT2D eigenvalue weighted by Crippen LogP contribution is 2.31. The summed E-state index contributed by atoms with van der Waals surface area (Å²) in [4.78, 5) is 12.5. The minimum Gasteiger partial charge on any atom is -0.383 e. The molecule has 1 fully saturated rings. The minimum absolute atomic E-state index is 0.242. The monoisotopic (exact) mass is 505 g/mol. The molecule has 0 saturated heterocycles. The van der Waals surface area contributed by atoms with Gasteiger partial charge < -0.3 is 16.0 Å². The number of nitrogens with zero attached hydrogens (tertiary/aromatic N) is 2. The number of fused-ring (bicyclic) bond motifs is 1. The number of aromatic amines is 1. The predicted octanol–water partition coefficient (Wildman–Crippen LogP) is 6.88. The molecule has 0 unspecified atom stereocenters. The van der Waals surface area contributed by atoms with Gasteiger partial charge in [-0.25, -0.2) is 9.37 Å². The molecule has 0 bridgehead atoms. The molecule has 1 aliphatic carbocycles. The summed E-state index contributed by atoms with van der Waals surface area (Å²) in [7, 11) is 0. The second-order valence-corrected chi connectivity index (χ2v) is 10.4. The van der Waals surface area contributed by atoms with E-state index in [0.717, 1.165) is 63.4 Å². The fraction of sp³-hybridized carbons (Fsp3) is 0.250. The molecule has 2 aromatic carbocycles. The van der Waals surface area contributed by atoms with Crippen molar-refractivity contribution in [2.75, 3.05) is 12.3 Å². The Morgan fingerprint density at radius 2 is 1.76 bits per heavy atom. The van der Waals surface area contributed by atoms with Gasteiger partial charge in [-0.15, -0.1) is 0 Å². The first-order chi connectivity index (χ1) is 18.6. The van der Waals surface area contributed by atoms with Crippen molar-refractivity contribution in [2.45, 2.75) is 38.6 Å². The van der Waals surface area contributed by atoms with Crippen molar-refractivity contribution >= 4 is 16.7 Å². The van der Waals surface area contributed by atoms with Gasteiger partial charge in [-0.2, -0.15) is 0 Å². The summed E-state index contributed by atoms with van der Waals surface area (Å²) in [5.74, 6) is 1.08. The van der Waals surface area contributed by atoms with Crippen LogP contribution in [0.15, 0.2) is 79.3 Å². The largest absolute Gasteiger partial charge is 0.383 e. The van der Waals surface area contributed by atoms with E-state index < -0.39 is 0 Å². The number of pyridine rings is 2. The van der Waals surface area contributed by atoms with Crippen LogP contribution in [0.2, 0.25) is 0 Å². The van der Waals surface area contributed by atoms with Gasteiger partial charge in [-0.05, 0) is 78.4 Å². The second-order valence-electron chi connectivity index (χ2n) is 10.4. The van der Waals surface area contributed by atoms with Gasteiger partial charge >= 0.3 is 0 Å². The molecule has 0 atom stereocenters. The summed E-state index contributed by atoms with van der Waals surface area (Å²) >= 11 is 0. The molecular formula is C32H32FN5. The first kappa shape index (κ1) is 24.3. The van der Waals surface area contributed by atoms with E-state index in [2.05, 4.69) is 38.5 Å². The third kappa shape index (κ3) is 5.31. The Balaban J connectivity index is 1.22. The Morgan fingerprint density at radius 3 is 2.63 bits per heavy atom. The highest BCUT2D eigenvalue weighted by Gasteiger charge is 2.15. The van der Waals surface area contributed by atoms with Crippen molar-refractivity contribution in [3.8, 4) is 22.3 Å². The minimum atomic E-state index is -0.242. The molecule has 38 heavy (non-hydrogen) atoms. The number of nitrogens with one attached hydrogen (secondary N) is 2. The van der Waals surface area contributed by atoms with Crippen LogP contribution in [0.4, 0.5) is 10.2 Å². The number of hydrogen-bond acceptors (Lipinski definition) is 4. The number of benzene rings is 2. The second kappa shape index (κ2) is 10.8. The van der Waals surface area contributed by atoms with Crippen molar-refractivity contribution in [3.05, 3.63) is 102 Å². The average molecular weight is 506 g/mol. The number of anilines is 1. The summed E-state index contributed by atoms with van der Waals surface area (Å²) in [6, 6.07) is 19.2. The van der Waals surface area contributed by atoms with Crippen LogP contribution in [0.1, 0.15) is 42.5 Å². The van der Waals surface area contributed by atoms with Crippen LogP contribution in [0.5, 0.6) is 0 Å². The highest BCUT2D eigenvalue weighted by atomic mass is 19.1. The lowest BCUT2D eigenvalue weighted by molar-refractivity contribution is 0.489. The van der Waals surface area contributed by atoms with Gasteiger partial charge in [0.1, 0.15) is 11.6 Å². The number of H-pyrrole nitrogens is 1. The van der Waals surface area contributed by atoms with E-state index in [9.17, 15) is 4.39 Å². The van der Waals surface area contributed by atoms with Gasteiger partial charge in [0, 0.05) is 64.8 Å². The molecule has 3 heterocycles. The zero-order chi connectivity index (χ0) is 25.9. The predicted molar refractivity (Wildman–Crippen MR) is 152 cm³/mol. The van der Waals surface area contributed by atoms with Crippen molar-refractivity contribution in [1.82, 2.24) is 20.3 Å². The molecule has 1 saturated carbocycles. The number of nitrogen functional groups attached to an aromatic ring is 1. The Hall–Kier alpha value is -4.03. The summed E-state index contributed by atoms with van der Waals surface area (Å²) in [5.41, 5.74) is 14.3. The van der Waals surface area contributed by atoms with E-state index in [1.807, 2.05) is 42.9 Å². The zero-order valence-electron chi connectivity index (χ0n) is 21.4. The number of aromatic nitrogens is 3. The maximum absolute atomic E-state index is 13.9. The smallest absolute Gasteiger partial charge is 0.126 e. The van der Waals surface area contributed by atoms with Crippen molar-refractivity contribution in [1.29, 1.82) is 0 Å². The highest BCUT2D eigenvalue weighted by molar-refractivity contribution is 5.95. The number of halogens is 1. The van der Waals surface area contributed by atoms with Crippen LogP contribution in [-0.2, 0) is 13.0 Å². The molecule has 6 heteroatoms. The summed E-state index contributed by atoms with van der Waals surface area (Å²) < 4.78 is 13.9. The lowest BCUT2D eigenvalue weighted by atomic mass is 10.0. The average Bonchev–Trinajstić information content (AvgIpc) is 3.60. The molecule has 4 N–H and O–H groups in total. The maximum atomic E-state index is 13.9. The lowest BCUT2D eigenvalue weighted by Gasteiger charge is -2.11. The molecule has 192 valence electrons. The van der Waals surface area contributed by atoms with Gasteiger partial charge in [-0.1, -0.05) is 37.1 Å². The molecule has 5 aromatic rings. The fourth-order valence-electron chi connectivity index (χ4n) is 5.62. The Morgan fingerprint density at radius 1 is 0.921 bits per heavy atom. The van der Waals surface area contributed by atoms with Crippen LogP contribution >= 0.6 is 0 Å². The van der Waals surface area contributed by atoms with Crippen LogP contribution in [0.3, 0.4) is 0 Å². The van der Waals surface area contributed by atoms with Crippen LogP contribution < -0.4 is 11.1 Å². The molecular weight excluding hydrogens is 473 g/mol. The first-order valence-electron chi connectivity index (χ1n) is 13.4. The number of hydrogen-bond donors (Lipinski definition) is 3. The SMILES string of the molecule is Nc1ncc(-c2cncc(CNCC3CCCC3)c2)cc1Cc1cc2c(-c3cccc(F)c3)cccc2[nH]1.